The van der Waals surface area contributed by atoms with Crippen LogP contribution >= 0.6 is 22.9 Å². The number of piperazine rings is 1. The summed E-state index contributed by atoms with van der Waals surface area (Å²) < 4.78 is 2.80. The predicted molar refractivity (Wildman–Crippen MR) is 173 cm³/mol. The third-order valence-corrected chi connectivity index (χ3v) is 8.95. The Labute approximate surface area is 260 Å². The van der Waals surface area contributed by atoms with Crippen LogP contribution in [-0.2, 0) is 19.6 Å². The first-order chi connectivity index (χ1) is 21.1. The van der Waals surface area contributed by atoms with Gasteiger partial charge in [0.15, 0.2) is 0 Å². The summed E-state index contributed by atoms with van der Waals surface area (Å²) in [6.07, 6.45) is 3.80. The lowest BCUT2D eigenvalue weighted by molar-refractivity contribution is 0.0751. The molecule has 0 N–H and O–H groups in total. The van der Waals surface area contributed by atoms with E-state index in [1.165, 1.54) is 16.9 Å². The van der Waals surface area contributed by atoms with Crippen LogP contribution in [0.3, 0.4) is 0 Å². The number of carbonyl (C=O) groups is 1. The van der Waals surface area contributed by atoms with E-state index >= 15 is 0 Å². The molecule has 0 aliphatic carbocycles. The van der Waals surface area contributed by atoms with Crippen LogP contribution in [0.25, 0.3) is 0 Å². The van der Waals surface area contributed by atoms with E-state index in [1.807, 2.05) is 53.8 Å². The fourth-order valence-corrected chi connectivity index (χ4v) is 6.38. The van der Waals surface area contributed by atoms with Crippen LogP contribution in [0.4, 0.5) is 11.4 Å². The summed E-state index contributed by atoms with van der Waals surface area (Å²) >= 11 is 7.37. The molecule has 0 radical (unpaired) electrons. The highest BCUT2D eigenvalue weighted by Crippen LogP contribution is 2.27. The van der Waals surface area contributed by atoms with Crippen molar-refractivity contribution in [2.75, 3.05) is 36.0 Å². The number of aromatic nitrogens is 2. The molecule has 0 saturated carbocycles. The van der Waals surface area contributed by atoms with Crippen LogP contribution in [0.1, 0.15) is 32.1 Å². The topological polar surface area (TPSA) is 68.4 Å². The summed E-state index contributed by atoms with van der Waals surface area (Å²) in [5.41, 5.74) is 6.40. The second-order valence-corrected chi connectivity index (χ2v) is 12.3. The summed E-state index contributed by atoms with van der Waals surface area (Å²) in [6, 6.07) is 32.7. The summed E-state index contributed by atoms with van der Waals surface area (Å²) in [5.74, 6) is 0.0573. The molecule has 0 bridgehead atoms. The zero-order valence-electron chi connectivity index (χ0n) is 23.6. The number of halogens is 1. The molecule has 5 aromatic rings. The van der Waals surface area contributed by atoms with E-state index in [4.69, 9.17) is 16.9 Å². The lowest BCUT2D eigenvalue weighted by Gasteiger charge is -2.36. The molecule has 1 amide bonds. The SMILES string of the molecule is N#Cc1ccc(Cn2cncc2CN(Cc2ccccc2)c2ccc(N3CCN(C(=O)c4ccc(Cl)s4)CC3)cc2)cc1. The van der Waals surface area contributed by atoms with Crippen molar-refractivity contribution in [3.05, 3.63) is 135 Å². The minimum absolute atomic E-state index is 0.0573. The van der Waals surface area contributed by atoms with Gasteiger partial charge < -0.3 is 19.3 Å². The number of hydrogen-bond acceptors (Lipinski definition) is 6. The maximum Gasteiger partial charge on any atom is 0.264 e. The van der Waals surface area contributed by atoms with Crippen molar-refractivity contribution in [1.82, 2.24) is 14.5 Å². The number of hydrogen-bond donors (Lipinski definition) is 0. The van der Waals surface area contributed by atoms with E-state index in [1.54, 1.807) is 6.07 Å². The number of nitrogens with zero attached hydrogens (tertiary/aromatic N) is 6. The van der Waals surface area contributed by atoms with Gasteiger partial charge in [0.2, 0.25) is 0 Å². The van der Waals surface area contributed by atoms with E-state index in [9.17, 15) is 4.79 Å². The molecule has 7 nitrogen and oxygen atoms in total. The van der Waals surface area contributed by atoms with Crippen molar-refractivity contribution in [2.24, 2.45) is 0 Å². The second kappa shape index (κ2) is 13.2. The number of amides is 1. The maximum absolute atomic E-state index is 12.8. The summed E-state index contributed by atoms with van der Waals surface area (Å²) in [6.45, 7) is 5.07. The lowest BCUT2D eigenvalue weighted by Crippen LogP contribution is -2.48. The molecule has 6 rings (SSSR count). The van der Waals surface area contributed by atoms with E-state index < -0.39 is 0 Å². The van der Waals surface area contributed by atoms with Crippen LogP contribution < -0.4 is 9.80 Å². The average Bonchev–Trinajstić information content (AvgIpc) is 3.69. The van der Waals surface area contributed by atoms with Gasteiger partial charge in [0.05, 0.1) is 39.4 Å². The summed E-state index contributed by atoms with van der Waals surface area (Å²) in [7, 11) is 0. The second-order valence-electron chi connectivity index (χ2n) is 10.6. The van der Waals surface area contributed by atoms with Crippen LogP contribution in [-0.4, -0.2) is 46.5 Å². The Morgan fingerprint density at radius 3 is 2.30 bits per heavy atom. The number of thiophene rings is 1. The molecule has 0 spiro atoms. The monoisotopic (exact) mass is 606 g/mol. The van der Waals surface area contributed by atoms with Crippen LogP contribution in [0.2, 0.25) is 4.34 Å². The van der Waals surface area contributed by atoms with Crippen LogP contribution in [0, 0.1) is 11.3 Å². The Hall–Kier alpha value is -4.58. The first-order valence-electron chi connectivity index (χ1n) is 14.2. The van der Waals surface area contributed by atoms with Gasteiger partial charge in [-0.15, -0.1) is 11.3 Å². The maximum atomic E-state index is 12.8. The Kier molecular flexibility index (Phi) is 8.73. The van der Waals surface area contributed by atoms with Crippen molar-refractivity contribution in [1.29, 1.82) is 5.26 Å². The third-order valence-electron chi connectivity index (χ3n) is 7.73. The number of imidazole rings is 1. The minimum Gasteiger partial charge on any atom is -0.368 e. The zero-order chi connectivity index (χ0) is 29.6. The predicted octanol–water partition coefficient (Wildman–Crippen LogP) is 6.69. The molecular formula is C34H31ClN6OS. The van der Waals surface area contributed by atoms with Gasteiger partial charge in [0, 0.05) is 56.8 Å². The minimum atomic E-state index is 0.0573. The average molecular weight is 607 g/mol. The van der Waals surface area contributed by atoms with Crippen LogP contribution in [0.5, 0.6) is 0 Å². The van der Waals surface area contributed by atoms with Gasteiger partial charge in [-0.1, -0.05) is 54.1 Å². The zero-order valence-corrected chi connectivity index (χ0v) is 25.2. The highest BCUT2D eigenvalue weighted by molar-refractivity contribution is 7.17. The molecule has 0 unspecified atom stereocenters. The molecule has 216 valence electrons. The Bertz CT molecular complexity index is 1700. The van der Waals surface area contributed by atoms with Crippen molar-refractivity contribution in [3.63, 3.8) is 0 Å². The lowest BCUT2D eigenvalue weighted by atomic mass is 10.1. The number of nitriles is 1. The van der Waals surface area contributed by atoms with E-state index in [2.05, 4.69) is 74.0 Å². The third kappa shape index (κ3) is 6.91. The van der Waals surface area contributed by atoms with E-state index in [-0.39, 0.29) is 5.91 Å². The largest absolute Gasteiger partial charge is 0.368 e. The molecule has 1 aliphatic heterocycles. The van der Waals surface area contributed by atoms with Gasteiger partial charge in [-0.3, -0.25) is 4.79 Å². The van der Waals surface area contributed by atoms with E-state index in [0.717, 1.165) is 42.3 Å². The number of benzene rings is 3. The molecule has 1 aliphatic rings. The molecule has 3 aromatic carbocycles. The van der Waals surface area contributed by atoms with Gasteiger partial charge in [-0.2, -0.15) is 5.26 Å². The quantitative estimate of drug-likeness (QED) is 0.187. The fourth-order valence-electron chi connectivity index (χ4n) is 5.37. The smallest absolute Gasteiger partial charge is 0.264 e. The Morgan fingerprint density at radius 1 is 0.884 bits per heavy atom. The van der Waals surface area contributed by atoms with Gasteiger partial charge in [0.25, 0.3) is 5.91 Å². The van der Waals surface area contributed by atoms with Gasteiger partial charge in [0.1, 0.15) is 0 Å². The van der Waals surface area contributed by atoms with Crippen molar-refractivity contribution in [3.8, 4) is 6.07 Å². The number of carbonyl (C=O) groups excluding carboxylic acids is 1. The highest BCUT2D eigenvalue weighted by atomic mass is 35.5. The Balaban J connectivity index is 1.15. The first kappa shape index (κ1) is 28.5. The van der Waals surface area contributed by atoms with Crippen molar-refractivity contribution >= 4 is 40.2 Å². The molecular weight excluding hydrogens is 576 g/mol. The Morgan fingerprint density at radius 2 is 1.63 bits per heavy atom. The molecule has 3 heterocycles. The van der Waals surface area contributed by atoms with Crippen LogP contribution in [0.15, 0.2) is 104 Å². The van der Waals surface area contributed by atoms with E-state index in [0.29, 0.717) is 41.0 Å². The fraction of sp³-hybridized carbons (Fsp3) is 0.206. The van der Waals surface area contributed by atoms with Crippen molar-refractivity contribution in [2.45, 2.75) is 19.6 Å². The molecule has 2 aromatic heterocycles. The molecule has 1 saturated heterocycles. The van der Waals surface area contributed by atoms with Crippen molar-refractivity contribution < 1.29 is 4.79 Å². The molecule has 1 fully saturated rings. The highest BCUT2D eigenvalue weighted by Gasteiger charge is 2.23. The molecule has 43 heavy (non-hydrogen) atoms. The standard InChI is InChI=1S/C34H31ClN6OS/c35-33-15-14-32(43-33)34(42)39-18-16-38(17-19-39)29-10-12-30(13-11-29)40(22-27-4-2-1-3-5-27)24-31-21-37-25-41(31)23-28-8-6-26(20-36)7-9-28/h1-15,21,25H,16-19,22-24H2. The molecule has 9 heteroatoms. The number of rotatable bonds is 9. The van der Waals surface area contributed by atoms with Gasteiger partial charge >= 0.3 is 0 Å². The normalized spacial score (nSPS) is 13.1. The summed E-state index contributed by atoms with van der Waals surface area (Å²) in [5, 5.41) is 9.13. The summed E-state index contributed by atoms with van der Waals surface area (Å²) in [4.78, 5) is 24.6. The molecule has 0 atom stereocenters. The first-order valence-corrected chi connectivity index (χ1v) is 15.4. The van der Waals surface area contributed by atoms with Gasteiger partial charge in [-0.05, 0) is 59.7 Å². The number of anilines is 2. The van der Waals surface area contributed by atoms with Gasteiger partial charge in [-0.25, -0.2) is 4.98 Å².